The number of hydrogen-bond acceptors (Lipinski definition) is 4. The maximum absolute atomic E-state index is 5.52. The fourth-order valence-corrected chi connectivity index (χ4v) is 1.58. The molecule has 0 spiro atoms. The van der Waals surface area contributed by atoms with Crippen molar-refractivity contribution in [2.24, 2.45) is 11.5 Å². The molecule has 0 aliphatic heterocycles. The molecule has 0 saturated heterocycles. The van der Waals surface area contributed by atoms with E-state index < -0.39 is 0 Å². The van der Waals surface area contributed by atoms with Gasteiger partial charge < -0.3 is 21.3 Å². The molecule has 4 heteroatoms. The van der Waals surface area contributed by atoms with Gasteiger partial charge in [-0.2, -0.15) is 0 Å². The van der Waals surface area contributed by atoms with E-state index in [0.717, 1.165) is 52.1 Å². The molecule has 15 heavy (non-hydrogen) atoms. The summed E-state index contributed by atoms with van der Waals surface area (Å²) in [5.74, 6) is 0. The van der Waals surface area contributed by atoms with Gasteiger partial charge in [0.1, 0.15) is 0 Å². The number of rotatable bonds is 10. The molecule has 0 aliphatic carbocycles. The van der Waals surface area contributed by atoms with Crippen LogP contribution in [0.4, 0.5) is 0 Å². The first-order valence-electron chi connectivity index (χ1n) is 5.98. The molecule has 92 valence electrons. The Morgan fingerprint density at radius 2 is 1.20 bits per heavy atom. The lowest BCUT2D eigenvalue weighted by Gasteiger charge is -2.22. The minimum Gasteiger partial charge on any atom is -0.330 e. The summed E-state index contributed by atoms with van der Waals surface area (Å²) in [5.41, 5.74) is 11.0. The SMILES string of the molecule is CN(C)CCCN(CCCN)CCCN. The van der Waals surface area contributed by atoms with E-state index in [1.165, 1.54) is 6.42 Å². The summed E-state index contributed by atoms with van der Waals surface area (Å²) >= 11 is 0. The molecule has 0 radical (unpaired) electrons. The van der Waals surface area contributed by atoms with Gasteiger partial charge >= 0.3 is 0 Å². The van der Waals surface area contributed by atoms with Crippen LogP contribution in [0.1, 0.15) is 19.3 Å². The van der Waals surface area contributed by atoms with E-state index in [1.54, 1.807) is 0 Å². The van der Waals surface area contributed by atoms with Crippen LogP contribution in [0.15, 0.2) is 0 Å². The monoisotopic (exact) mass is 216 g/mol. The largest absolute Gasteiger partial charge is 0.330 e. The van der Waals surface area contributed by atoms with Crippen molar-refractivity contribution in [2.45, 2.75) is 19.3 Å². The van der Waals surface area contributed by atoms with Crippen molar-refractivity contribution in [3.63, 3.8) is 0 Å². The highest BCUT2D eigenvalue weighted by Crippen LogP contribution is 1.96. The van der Waals surface area contributed by atoms with Gasteiger partial charge in [0.2, 0.25) is 0 Å². The van der Waals surface area contributed by atoms with Crippen LogP contribution in [0.5, 0.6) is 0 Å². The normalized spacial score (nSPS) is 11.6. The fourth-order valence-electron chi connectivity index (χ4n) is 1.58. The van der Waals surface area contributed by atoms with E-state index in [0.29, 0.717) is 0 Å². The lowest BCUT2D eigenvalue weighted by molar-refractivity contribution is 0.252. The van der Waals surface area contributed by atoms with Crippen LogP contribution in [0.3, 0.4) is 0 Å². The molecule has 0 unspecified atom stereocenters. The van der Waals surface area contributed by atoms with Crippen LogP contribution < -0.4 is 11.5 Å². The third-order valence-corrected chi connectivity index (χ3v) is 2.44. The predicted octanol–water partition coefficient (Wildman–Crippen LogP) is -0.0623. The van der Waals surface area contributed by atoms with Gasteiger partial charge in [0.15, 0.2) is 0 Å². The van der Waals surface area contributed by atoms with Gasteiger partial charge in [-0.25, -0.2) is 0 Å². The van der Waals surface area contributed by atoms with Crippen LogP contribution >= 0.6 is 0 Å². The molecule has 4 N–H and O–H groups in total. The van der Waals surface area contributed by atoms with Gasteiger partial charge in [0.05, 0.1) is 0 Å². The summed E-state index contributed by atoms with van der Waals surface area (Å²) in [4.78, 5) is 4.70. The molecule has 0 aromatic heterocycles. The van der Waals surface area contributed by atoms with Gasteiger partial charge in [0.25, 0.3) is 0 Å². The highest BCUT2D eigenvalue weighted by Gasteiger charge is 2.03. The lowest BCUT2D eigenvalue weighted by atomic mass is 10.3. The number of hydrogen-bond donors (Lipinski definition) is 2. The molecule has 0 aliphatic rings. The average Bonchev–Trinajstić information content (AvgIpc) is 2.20. The van der Waals surface area contributed by atoms with Crippen molar-refractivity contribution in [3.05, 3.63) is 0 Å². The minimum atomic E-state index is 0.785. The van der Waals surface area contributed by atoms with E-state index >= 15 is 0 Å². The van der Waals surface area contributed by atoms with Crippen LogP contribution in [-0.4, -0.2) is 63.2 Å². The third-order valence-electron chi connectivity index (χ3n) is 2.44. The second-order valence-corrected chi connectivity index (χ2v) is 4.28. The van der Waals surface area contributed by atoms with Gasteiger partial charge in [-0.15, -0.1) is 0 Å². The Kier molecular flexibility index (Phi) is 10.3. The summed E-state index contributed by atoms with van der Waals surface area (Å²) < 4.78 is 0. The molecular formula is C11H28N4. The summed E-state index contributed by atoms with van der Waals surface area (Å²) in [6.07, 6.45) is 3.40. The molecule has 0 saturated carbocycles. The number of nitrogens with zero attached hydrogens (tertiary/aromatic N) is 2. The van der Waals surface area contributed by atoms with Crippen LogP contribution in [0.2, 0.25) is 0 Å². The standard InChI is InChI=1S/C11H28N4/c1-14(2)8-5-11-15(9-3-6-12)10-4-7-13/h3-13H2,1-2H3. The first-order valence-corrected chi connectivity index (χ1v) is 5.98. The van der Waals surface area contributed by atoms with Crippen molar-refractivity contribution in [3.8, 4) is 0 Å². The van der Waals surface area contributed by atoms with Crippen molar-refractivity contribution in [1.82, 2.24) is 9.80 Å². The van der Waals surface area contributed by atoms with E-state index in [1.807, 2.05) is 0 Å². The van der Waals surface area contributed by atoms with Crippen molar-refractivity contribution >= 4 is 0 Å². The van der Waals surface area contributed by atoms with Crippen LogP contribution in [-0.2, 0) is 0 Å². The zero-order chi connectivity index (χ0) is 11.5. The van der Waals surface area contributed by atoms with E-state index in [2.05, 4.69) is 23.9 Å². The molecule has 0 atom stereocenters. The van der Waals surface area contributed by atoms with Crippen LogP contribution in [0.25, 0.3) is 0 Å². The van der Waals surface area contributed by atoms with Crippen molar-refractivity contribution in [2.75, 3.05) is 53.4 Å². The van der Waals surface area contributed by atoms with E-state index in [-0.39, 0.29) is 0 Å². The first kappa shape index (κ1) is 14.8. The Bertz CT molecular complexity index is 120. The summed E-state index contributed by atoms with van der Waals surface area (Å²) in [5, 5.41) is 0. The Labute approximate surface area is 94.6 Å². The van der Waals surface area contributed by atoms with Crippen LogP contribution in [0, 0.1) is 0 Å². The Morgan fingerprint density at radius 3 is 1.60 bits per heavy atom. The Morgan fingerprint density at radius 1 is 0.733 bits per heavy atom. The predicted molar refractivity (Wildman–Crippen MR) is 67.0 cm³/mol. The highest BCUT2D eigenvalue weighted by molar-refractivity contribution is 4.60. The molecule has 0 aromatic carbocycles. The number of nitrogens with two attached hydrogens (primary N) is 2. The second kappa shape index (κ2) is 10.4. The summed E-state index contributed by atoms with van der Waals surface area (Å²) in [7, 11) is 4.23. The maximum Gasteiger partial charge on any atom is -0.000653 e. The van der Waals surface area contributed by atoms with Gasteiger partial charge in [-0.1, -0.05) is 0 Å². The summed E-state index contributed by atoms with van der Waals surface area (Å²) in [6, 6.07) is 0. The van der Waals surface area contributed by atoms with Gasteiger partial charge in [-0.3, -0.25) is 0 Å². The van der Waals surface area contributed by atoms with Gasteiger partial charge in [-0.05, 0) is 72.6 Å². The second-order valence-electron chi connectivity index (χ2n) is 4.28. The quantitative estimate of drug-likeness (QED) is 0.537. The third kappa shape index (κ3) is 10.1. The zero-order valence-corrected chi connectivity index (χ0v) is 10.4. The van der Waals surface area contributed by atoms with E-state index in [9.17, 15) is 0 Å². The molecule has 0 amide bonds. The maximum atomic E-state index is 5.52. The molecule has 0 bridgehead atoms. The fraction of sp³-hybridized carbons (Fsp3) is 1.00. The first-order chi connectivity index (χ1) is 7.20. The highest BCUT2D eigenvalue weighted by atomic mass is 15.1. The Hall–Kier alpha value is -0.160. The molecule has 0 heterocycles. The minimum absolute atomic E-state index is 0.785. The topological polar surface area (TPSA) is 58.5 Å². The van der Waals surface area contributed by atoms with Gasteiger partial charge in [0, 0.05) is 0 Å². The lowest BCUT2D eigenvalue weighted by Crippen LogP contribution is -2.31. The molecule has 4 nitrogen and oxygen atoms in total. The molecule has 0 rings (SSSR count). The molecule has 0 fully saturated rings. The van der Waals surface area contributed by atoms with E-state index in [4.69, 9.17) is 11.5 Å². The average molecular weight is 216 g/mol. The Balaban J connectivity index is 3.58. The smallest absolute Gasteiger partial charge is 0.000653 e. The summed E-state index contributed by atoms with van der Waals surface area (Å²) in [6.45, 7) is 6.12. The van der Waals surface area contributed by atoms with Crippen molar-refractivity contribution < 1.29 is 0 Å². The molecular weight excluding hydrogens is 188 g/mol. The zero-order valence-electron chi connectivity index (χ0n) is 10.4. The van der Waals surface area contributed by atoms with Crippen molar-refractivity contribution in [1.29, 1.82) is 0 Å². The molecule has 0 aromatic rings.